The van der Waals surface area contributed by atoms with E-state index in [1.165, 1.54) is 6.33 Å². The molecule has 0 bridgehead atoms. The molecule has 0 aliphatic heterocycles. The zero-order chi connectivity index (χ0) is 17.9. The molecule has 0 aliphatic rings. The third-order valence-corrected chi connectivity index (χ3v) is 5.28. The second-order valence-corrected chi connectivity index (χ2v) is 7.09. The van der Waals surface area contributed by atoms with E-state index in [4.69, 9.17) is 0 Å². The topological polar surface area (TPSA) is 85.1 Å². The van der Waals surface area contributed by atoms with Gasteiger partial charge in [0.1, 0.15) is 6.33 Å². The quantitative estimate of drug-likeness (QED) is 0.530. The molecule has 0 radical (unpaired) electrons. The molecular formula is C18H18N6OS. The van der Waals surface area contributed by atoms with Gasteiger partial charge in [-0.1, -0.05) is 6.92 Å². The summed E-state index contributed by atoms with van der Waals surface area (Å²) in [6.45, 7) is 2.69. The lowest BCUT2D eigenvalue weighted by Crippen LogP contribution is -2.24. The maximum Gasteiger partial charge on any atom is 0.252 e. The molecule has 1 amide bonds. The normalized spacial score (nSPS) is 11.3. The van der Waals surface area contributed by atoms with Gasteiger partial charge in [0.05, 0.1) is 15.2 Å². The molecule has 3 heterocycles. The Labute approximate surface area is 154 Å². The highest BCUT2D eigenvalue weighted by Crippen LogP contribution is 2.23. The number of carbonyl (C=O) groups excluding carboxylic acids is 1. The number of nitrogens with zero attached hydrogens (tertiary/aromatic N) is 5. The van der Waals surface area contributed by atoms with Gasteiger partial charge in [-0.25, -0.2) is 14.5 Å². The molecule has 3 aromatic heterocycles. The lowest BCUT2D eigenvalue weighted by Gasteiger charge is -2.05. The number of fused-ring (bicyclic) bond motifs is 2. The van der Waals surface area contributed by atoms with Crippen LogP contribution in [0, 0.1) is 0 Å². The van der Waals surface area contributed by atoms with E-state index in [-0.39, 0.29) is 5.91 Å². The van der Waals surface area contributed by atoms with Gasteiger partial charge in [-0.2, -0.15) is 10.1 Å². The fourth-order valence-corrected chi connectivity index (χ4v) is 3.70. The minimum Gasteiger partial charge on any atom is -0.352 e. The Hall–Kier alpha value is -2.87. The van der Waals surface area contributed by atoms with E-state index >= 15 is 0 Å². The maximum atomic E-state index is 12.4. The number of thiazole rings is 1. The van der Waals surface area contributed by atoms with E-state index in [1.807, 2.05) is 24.4 Å². The lowest BCUT2D eigenvalue weighted by molar-refractivity contribution is 0.0953. The van der Waals surface area contributed by atoms with Gasteiger partial charge in [-0.05, 0) is 43.0 Å². The standard InChI is InChI=1S/C18H18N6OS/c1-2-16-23-14-6-5-13(8-15(14)26-16)17(25)19-7-3-4-12-9-20-18-21-11-22-24(18)10-12/h5-6,8-11H,2-4,7H2,1H3,(H,19,25). The summed E-state index contributed by atoms with van der Waals surface area (Å²) in [6, 6.07) is 5.67. The summed E-state index contributed by atoms with van der Waals surface area (Å²) in [6.07, 6.45) is 7.76. The zero-order valence-corrected chi connectivity index (χ0v) is 15.2. The van der Waals surface area contributed by atoms with Crippen molar-refractivity contribution in [3.63, 3.8) is 0 Å². The Morgan fingerprint density at radius 1 is 1.31 bits per heavy atom. The second kappa shape index (κ2) is 7.17. The van der Waals surface area contributed by atoms with E-state index < -0.39 is 0 Å². The molecule has 0 atom stereocenters. The van der Waals surface area contributed by atoms with Crippen LogP contribution in [0.2, 0.25) is 0 Å². The number of hydrogen-bond donors (Lipinski definition) is 1. The van der Waals surface area contributed by atoms with Crippen molar-refractivity contribution in [1.82, 2.24) is 29.9 Å². The van der Waals surface area contributed by atoms with Gasteiger partial charge in [-0.3, -0.25) is 4.79 Å². The molecule has 0 aliphatic carbocycles. The van der Waals surface area contributed by atoms with Crippen LogP contribution in [0.3, 0.4) is 0 Å². The van der Waals surface area contributed by atoms with Crippen LogP contribution < -0.4 is 5.32 Å². The molecule has 0 saturated carbocycles. The molecule has 4 aromatic rings. The van der Waals surface area contributed by atoms with Crippen molar-refractivity contribution in [2.45, 2.75) is 26.2 Å². The summed E-state index contributed by atoms with van der Waals surface area (Å²) >= 11 is 1.64. The molecule has 132 valence electrons. The summed E-state index contributed by atoms with van der Waals surface area (Å²) in [5.41, 5.74) is 2.70. The molecule has 0 unspecified atom stereocenters. The van der Waals surface area contributed by atoms with Gasteiger partial charge >= 0.3 is 0 Å². The third kappa shape index (κ3) is 3.41. The molecule has 0 fully saturated rings. The van der Waals surface area contributed by atoms with Crippen LogP contribution in [-0.4, -0.2) is 37.0 Å². The van der Waals surface area contributed by atoms with Crippen molar-refractivity contribution >= 4 is 33.2 Å². The van der Waals surface area contributed by atoms with E-state index in [2.05, 4.69) is 32.3 Å². The number of hydrogen-bond acceptors (Lipinski definition) is 6. The van der Waals surface area contributed by atoms with Crippen LogP contribution in [0.1, 0.15) is 34.3 Å². The first kappa shape index (κ1) is 16.6. The fourth-order valence-electron chi connectivity index (χ4n) is 2.75. The third-order valence-electron chi connectivity index (χ3n) is 4.11. The predicted octanol–water partition coefficient (Wildman–Crippen LogP) is 2.66. The van der Waals surface area contributed by atoms with Crippen LogP contribution in [0.4, 0.5) is 0 Å². The molecule has 0 spiro atoms. The fraction of sp³-hybridized carbons (Fsp3) is 0.278. The van der Waals surface area contributed by atoms with Crippen LogP contribution in [0.25, 0.3) is 16.0 Å². The van der Waals surface area contributed by atoms with E-state index in [0.717, 1.165) is 40.1 Å². The monoisotopic (exact) mass is 366 g/mol. The first-order valence-electron chi connectivity index (χ1n) is 8.55. The summed E-state index contributed by atoms with van der Waals surface area (Å²) in [5, 5.41) is 8.15. The number of rotatable bonds is 6. The number of aryl methyl sites for hydroxylation is 2. The average Bonchev–Trinajstić information content (AvgIpc) is 3.29. The van der Waals surface area contributed by atoms with Gasteiger partial charge in [0.25, 0.3) is 11.7 Å². The van der Waals surface area contributed by atoms with Crippen molar-refractivity contribution in [2.24, 2.45) is 0 Å². The van der Waals surface area contributed by atoms with Crippen molar-refractivity contribution in [2.75, 3.05) is 6.54 Å². The molecule has 8 heteroatoms. The maximum absolute atomic E-state index is 12.4. The molecule has 1 N–H and O–H groups in total. The Kier molecular flexibility index (Phi) is 4.57. The Balaban J connectivity index is 1.33. The van der Waals surface area contributed by atoms with Gasteiger partial charge in [-0.15, -0.1) is 11.3 Å². The highest BCUT2D eigenvalue weighted by Gasteiger charge is 2.09. The number of nitrogens with one attached hydrogen (secondary N) is 1. The van der Waals surface area contributed by atoms with Crippen LogP contribution >= 0.6 is 11.3 Å². The summed E-state index contributed by atoms with van der Waals surface area (Å²) in [5.74, 6) is 0.537. The first-order valence-corrected chi connectivity index (χ1v) is 9.36. The van der Waals surface area contributed by atoms with Crippen molar-refractivity contribution < 1.29 is 4.79 Å². The number of aromatic nitrogens is 5. The number of benzene rings is 1. The summed E-state index contributed by atoms with van der Waals surface area (Å²) < 4.78 is 2.71. The van der Waals surface area contributed by atoms with E-state index in [1.54, 1.807) is 22.0 Å². The molecular weight excluding hydrogens is 348 g/mol. The van der Waals surface area contributed by atoms with E-state index in [0.29, 0.717) is 17.9 Å². The lowest BCUT2D eigenvalue weighted by atomic mass is 10.1. The van der Waals surface area contributed by atoms with Gasteiger partial charge in [0, 0.05) is 24.5 Å². The zero-order valence-electron chi connectivity index (χ0n) is 14.3. The number of amides is 1. The van der Waals surface area contributed by atoms with E-state index in [9.17, 15) is 4.79 Å². The highest BCUT2D eigenvalue weighted by molar-refractivity contribution is 7.18. The van der Waals surface area contributed by atoms with Gasteiger partial charge in [0.15, 0.2) is 0 Å². The van der Waals surface area contributed by atoms with Crippen LogP contribution in [0.15, 0.2) is 36.9 Å². The summed E-state index contributed by atoms with van der Waals surface area (Å²) in [4.78, 5) is 25.1. The van der Waals surface area contributed by atoms with Crippen molar-refractivity contribution in [3.8, 4) is 0 Å². The molecule has 0 saturated heterocycles. The smallest absolute Gasteiger partial charge is 0.252 e. The SMILES string of the molecule is CCc1nc2ccc(C(=O)NCCCc3cnc4ncnn4c3)cc2s1. The van der Waals surface area contributed by atoms with Gasteiger partial charge < -0.3 is 5.32 Å². The second-order valence-electron chi connectivity index (χ2n) is 5.97. The molecule has 26 heavy (non-hydrogen) atoms. The van der Waals surface area contributed by atoms with Crippen LogP contribution in [0.5, 0.6) is 0 Å². The Morgan fingerprint density at radius 2 is 2.23 bits per heavy atom. The molecule has 1 aromatic carbocycles. The number of carbonyl (C=O) groups is 1. The minimum atomic E-state index is -0.0526. The average molecular weight is 366 g/mol. The largest absolute Gasteiger partial charge is 0.352 e. The summed E-state index contributed by atoms with van der Waals surface area (Å²) in [7, 11) is 0. The van der Waals surface area contributed by atoms with Crippen molar-refractivity contribution in [1.29, 1.82) is 0 Å². The molecule has 4 rings (SSSR count). The van der Waals surface area contributed by atoms with Gasteiger partial charge in [0.2, 0.25) is 0 Å². The molecule has 7 nitrogen and oxygen atoms in total. The Morgan fingerprint density at radius 3 is 3.12 bits per heavy atom. The highest BCUT2D eigenvalue weighted by atomic mass is 32.1. The minimum absolute atomic E-state index is 0.0526. The van der Waals surface area contributed by atoms with Crippen molar-refractivity contribution in [3.05, 3.63) is 53.1 Å². The van der Waals surface area contributed by atoms with Crippen LogP contribution in [-0.2, 0) is 12.8 Å². The predicted molar refractivity (Wildman–Crippen MR) is 100 cm³/mol. The Bertz CT molecular complexity index is 1070. The first-order chi connectivity index (χ1) is 12.7.